The van der Waals surface area contributed by atoms with Gasteiger partial charge in [-0.15, -0.1) is 10.2 Å². The molecule has 0 saturated carbocycles. The minimum Gasteiger partial charge on any atom is -0.300 e. The van der Waals surface area contributed by atoms with Gasteiger partial charge in [0.25, 0.3) is 0 Å². The van der Waals surface area contributed by atoms with Crippen molar-refractivity contribution in [2.24, 2.45) is 0 Å². The van der Waals surface area contributed by atoms with Crippen LogP contribution in [0.25, 0.3) is 5.69 Å². The van der Waals surface area contributed by atoms with E-state index in [9.17, 15) is 4.39 Å². The molecule has 0 fully saturated rings. The summed E-state index contributed by atoms with van der Waals surface area (Å²) in [6.45, 7) is 6.20. The van der Waals surface area contributed by atoms with Crippen LogP contribution in [-0.2, 0) is 5.75 Å². The first-order valence-electron chi connectivity index (χ1n) is 8.77. The van der Waals surface area contributed by atoms with Gasteiger partial charge in [0.05, 0.1) is 11.8 Å². The number of benzene rings is 1. The zero-order valence-electron chi connectivity index (χ0n) is 16.2. The zero-order valence-corrected chi connectivity index (χ0v) is 17.0. The van der Waals surface area contributed by atoms with Crippen LogP contribution < -0.4 is 0 Å². The maximum atomic E-state index is 13.4. The second-order valence-corrected chi connectivity index (χ2v) is 7.74. The quantitative estimate of drug-likeness (QED) is 0.576. The average molecular weight is 390 g/mol. The fourth-order valence-corrected chi connectivity index (χ4v) is 3.54. The molecule has 2 heterocycles. The van der Waals surface area contributed by atoms with Crippen LogP contribution in [-0.4, -0.2) is 48.5 Å². The lowest BCUT2D eigenvalue weighted by molar-refractivity contribution is 0.305. The number of halogens is 1. The molecular formula is C18H24FN7S. The van der Waals surface area contributed by atoms with E-state index in [1.54, 1.807) is 18.5 Å². The highest BCUT2D eigenvalue weighted by Gasteiger charge is 2.21. The summed E-state index contributed by atoms with van der Waals surface area (Å²) >= 11 is 1.54. The van der Waals surface area contributed by atoms with Crippen LogP contribution in [0.15, 0.2) is 35.7 Å². The van der Waals surface area contributed by atoms with Crippen LogP contribution in [0.2, 0.25) is 0 Å². The molecule has 0 amide bonds. The van der Waals surface area contributed by atoms with Gasteiger partial charge >= 0.3 is 0 Å². The molecule has 0 aliphatic rings. The van der Waals surface area contributed by atoms with E-state index < -0.39 is 0 Å². The van der Waals surface area contributed by atoms with Gasteiger partial charge < -0.3 is 0 Å². The minimum atomic E-state index is -0.270. The summed E-state index contributed by atoms with van der Waals surface area (Å²) < 4.78 is 17.3. The van der Waals surface area contributed by atoms with Crippen molar-refractivity contribution in [1.29, 1.82) is 0 Å². The van der Waals surface area contributed by atoms with Crippen molar-refractivity contribution in [3.8, 4) is 5.69 Å². The summed E-state index contributed by atoms with van der Waals surface area (Å²) in [4.78, 5) is 6.42. The second-order valence-electron chi connectivity index (χ2n) is 6.80. The Hall–Kier alpha value is -2.26. The van der Waals surface area contributed by atoms with Crippen LogP contribution in [0.3, 0.4) is 0 Å². The largest absolute Gasteiger partial charge is 0.300 e. The lowest BCUT2D eigenvalue weighted by Crippen LogP contribution is -2.20. The Morgan fingerprint density at radius 3 is 2.44 bits per heavy atom. The second kappa shape index (κ2) is 8.18. The number of thioether (sulfide) groups is 1. The number of aromatic nitrogens is 6. The van der Waals surface area contributed by atoms with Crippen molar-refractivity contribution in [1.82, 2.24) is 34.4 Å². The fourth-order valence-electron chi connectivity index (χ4n) is 2.65. The molecule has 0 saturated heterocycles. The Balaban J connectivity index is 1.95. The number of nitrogens with zero attached hydrogens (tertiary/aromatic N) is 7. The van der Waals surface area contributed by atoms with Gasteiger partial charge in [-0.1, -0.05) is 11.8 Å². The van der Waals surface area contributed by atoms with Crippen LogP contribution in [0.4, 0.5) is 4.39 Å². The molecule has 0 aliphatic heterocycles. The lowest BCUT2D eigenvalue weighted by atomic mass is 10.2. The molecule has 0 aliphatic carbocycles. The normalized spacial score (nSPS) is 12.9. The van der Waals surface area contributed by atoms with E-state index in [-0.39, 0.29) is 17.9 Å². The molecule has 1 atom stereocenters. The van der Waals surface area contributed by atoms with Crippen LogP contribution in [0, 0.1) is 5.82 Å². The van der Waals surface area contributed by atoms with Gasteiger partial charge in [0.1, 0.15) is 18.0 Å². The summed E-state index contributed by atoms with van der Waals surface area (Å²) in [6.07, 6.45) is 1.57. The summed E-state index contributed by atoms with van der Waals surface area (Å²) in [5.41, 5.74) is 0.831. The predicted molar refractivity (Wildman–Crippen MR) is 103 cm³/mol. The van der Waals surface area contributed by atoms with Gasteiger partial charge in [-0.25, -0.2) is 14.1 Å². The fraction of sp³-hybridized carbons (Fsp3) is 0.444. The third-order valence-electron chi connectivity index (χ3n) is 4.36. The zero-order chi connectivity index (χ0) is 19.6. The summed E-state index contributed by atoms with van der Waals surface area (Å²) in [7, 11) is 3.98. The monoisotopic (exact) mass is 389 g/mol. The van der Waals surface area contributed by atoms with E-state index in [2.05, 4.69) is 46.0 Å². The van der Waals surface area contributed by atoms with Gasteiger partial charge in [0.2, 0.25) is 0 Å². The minimum absolute atomic E-state index is 0.0521. The van der Waals surface area contributed by atoms with Crippen molar-refractivity contribution in [3.63, 3.8) is 0 Å². The van der Waals surface area contributed by atoms with E-state index in [0.717, 1.165) is 22.5 Å². The highest BCUT2D eigenvalue weighted by Crippen LogP contribution is 2.28. The molecule has 2 aromatic heterocycles. The molecule has 0 bridgehead atoms. The first-order chi connectivity index (χ1) is 12.9. The molecule has 0 radical (unpaired) electrons. The predicted octanol–water partition coefficient (Wildman–Crippen LogP) is 3.49. The molecule has 0 N–H and O–H groups in total. The first-order valence-corrected chi connectivity index (χ1v) is 9.76. The standard InChI is InChI=1S/C18H24FN7S/c1-12(2)26-16(20-11-21-26)10-27-18-23-22-17(13(3)24(4)5)25(18)15-8-6-14(19)7-9-15/h6-9,11-13H,10H2,1-5H3. The van der Waals surface area contributed by atoms with Gasteiger partial charge in [0.15, 0.2) is 11.0 Å². The molecule has 3 rings (SSSR count). The highest BCUT2D eigenvalue weighted by molar-refractivity contribution is 7.98. The Morgan fingerprint density at radius 2 is 1.81 bits per heavy atom. The summed E-state index contributed by atoms with van der Waals surface area (Å²) in [5.74, 6) is 2.03. The Morgan fingerprint density at radius 1 is 1.11 bits per heavy atom. The van der Waals surface area contributed by atoms with E-state index in [4.69, 9.17) is 0 Å². The van der Waals surface area contributed by atoms with E-state index in [1.807, 2.05) is 23.3 Å². The molecule has 144 valence electrons. The van der Waals surface area contributed by atoms with Gasteiger partial charge in [-0.3, -0.25) is 9.47 Å². The van der Waals surface area contributed by atoms with Crippen molar-refractivity contribution in [2.75, 3.05) is 14.1 Å². The highest BCUT2D eigenvalue weighted by atomic mass is 32.2. The number of rotatable bonds is 7. The molecular weight excluding hydrogens is 365 g/mol. The topological polar surface area (TPSA) is 64.7 Å². The Kier molecular flexibility index (Phi) is 5.91. The Bertz CT molecular complexity index is 886. The van der Waals surface area contributed by atoms with E-state index >= 15 is 0 Å². The first kappa shape index (κ1) is 19.5. The maximum Gasteiger partial charge on any atom is 0.196 e. The Labute approximate surface area is 162 Å². The maximum absolute atomic E-state index is 13.4. The van der Waals surface area contributed by atoms with Crippen molar-refractivity contribution in [3.05, 3.63) is 48.1 Å². The molecule has 27 heavy (non-hydrogen) atoms. The third kappa shape index (κ3) is 4.19. The summed E-state index contributed by atoms with van der Waals surface area (Å²) in [6, 6.07) is 6.67. The summed E-state index contributed by atoms with van der Waals surface area (Å²) in [5, 5.41) is 13.8. The number of hydrogen-bond acceptors (Lipinski definition) is 6. The average Bonchev–Trinajstić information content (AvgIpc) is 3.26. The number of hydrogen-bond donors (Lipinski definition) is 0. The molecule has 3 aromatic rings. The molecule has 1 aromatic carbocycles. The smallest absolute Gasteiger partial charge is 0.196 e. The van der Waals surface area contributed by atoms with E-state index in [1.165, 1.54) is 23.9 Å². The molecule has 0 spiro atoms. The van der Waals surface area contributed by atoms with Crippen LogP contribution >= 0.6 is 11.8 Å². The SMILES string of the molecule is CC(c1nnc(SCc2ncnn2C(C)C)n1-c1ccc(F)cc1)N(C)C. The van der Waals surface area contributed by atoms with Crippen molar-refractivity contribution >= 4 is 11.8 Å². The van der Waals surface area contributed by atoms with Gasteiger partial charge in [-0.2, -0.15) is 5.10 Å². The van der Waals surface area contributed by atoms with Gasteiger partial charge in [-0.05, 0) is 59.1 Å². The molecule has 7 nitrogen and oxygen atoms in total. The van der Waals surface area contributed by atoms with Crippen molar-refractivity contribution in [2.45, 2.75) is 43.8 Å². The molecule has 9 heteroatoms. The van der Waals surface area contributed by atoms with Gasteiger partial charge in [0, 0.05) is 11.7 Å². The lowest BCUT2D eigenvalue weighted by Gasteiger charge is -2.20. The third-order valence-corrected chi connectivity index (χ3v) is 5.28. The van der Waals surface area contributed by atoms with Crippen LogP contribution in [0.1, 0.15) is 44.5 Å². The van der Waals surface area contributed by atoms with Crippen molar-refractivity contribution < 1.29 is 4.39 Å². The van der Waals surface area contributed by atoms with Crippen LogP contribution in [0.5, 0.6) is 0 Å². The molecule has 1 unspecified atom stereocenters. The van der Waals surface area contributed by atoms with E-state index in [0.29, 0.717) is 5.75 Å².